The first-order chi connectivity index (χ1) is 8.90. The maximum atomic E-state index is 12.6. The SMILES string of the molecule is CCCC(C)(O)CN1C(=O)CC2(CCCCC2)C1=O. The highest BCUT2D eigenvalue weighted by Gasteiger charge is 2.52. The number of amides is 2. The molecule has 2 aliphatic rings. The number of aliphatic hydroxyl groups is 1. The van der Waals surface area contributed by atoms with Crippen LogP contribution in [0.4, 0.5) is 0 Å². The van der Waals surface area contributed by atoms with Crippen molar-refractivity contribution < 1.29 is 14.7 Å². The Labute approximate surface area is 115 Å². The lowest BCUT2D eigenvalue weighted by molar-refractivity contribution is -0.146. The third kappa shape index (κ3) is 2.83. The van der Waals surface area contributed by atoms with Crippen LogP contribution in [0.15, 0.2) is 0 Å². The average Bonchev–Trinajstić information content (AvgIpc) is 2.55. The summed E-state index contributed by atoms with van der Waals surface area (Å²) in [6, 6.07) is 0. The summed E-state index contributed by atoms with van der Waals surface area (Å²) < 4.78 is 0. The fourth-order valence-electron chi connectivity index (χ4n) is 3.60. The second-order valence-corrected chi connectivity index (χ2v) is 6.55. The topological polar surface area (TPSA) is 57.6 Å². The van der Waals surface area contributed by atoms with E-state index in [0.29, 0.717) is 12.8 Å². The molecule has 1 aliphatic carbocycles. The van der Waals surface area contributed by atoms with Crippen LogP contribution in [0.1, 0.15) is 65.2 Å². The van der Waals surface area contributed by atoms with Crippen LogP contribution in [0.2, 0.25) is 0 Å². The highest BCUT2D eigenvalue weighted by molar-refractivity contribution is 6.06. The van der Waals surface area contributed by atoms with Gasteiger partial charge in [-0.2, -0.15) is 0 Å². The van der Waals surface area contributed by atoms with E-state index >= 15 is 0 Å². The molecular formula is C15H25NO3. The number of likely N-dealkylation sites (tertiary alicyclic amines) is 1. The van der Waals surface area contributed by atoms with E-state index in [0.717, 1.165) is 38.5 Å². The minimum atomic E-state index is -0.958. The molecule has 2 rings (SSSR count). The van der Waals surface area contributed by atoms with Crippen LogP contribution in [0.25, 0.3) is 0 Å². The van der Waals surface area contributed by atoms with E-state index in [2.05, 4.69) is 0 Å². The molecule has 1 N–H and O–H groups in total. The molecule has 0 aromatic rings. The van der Waals surface area contributed by atoms with Gasteiger partial charge in [0.2, 0.25) is 11.8 Å². The molecule has 1 saturated carbocycles. The highest BCUT2D eigenvalue weighted by atomic mass is 16.3. The van der Waals surface area contributed by atoms with Crippen LogP contribution in [-0.4, -0.2) is 34.0 Å². The van der Waals surface area contributed by atoms with E-state index in [-0.39, 0.29) is 18.4 Å². The van der Waals surface area contributed by atoms with Crippen LogP contribution in [0.5, 0.6) is 0 Å². The summed E-state index contributed by atoms with van der Waals surface area (Å²) >= 11 is 0. The van der Waals surface area contributed by atoms with Gasteiger partial charge in [-0.1, -0.05) is 32.6 Å². The van der Waals surface area contributed by atoms with E-state index < -0.39 is 11.0 Å². The number of carbonyl (C=O) groups excluding carboxylic acids is 2. The molecule has 1 unspecified atom stereocenters. The second-order valence-electron chi connectivity index (χ2n) is 6.55. The Hall–Kier alpha value is -0.900. The standard InChI is InChI=1S/C15H25NO3/c1-3-7-14(2,19)11-16-12(17)10-15(13(16)18)8-5-4-6-9-15/h19H,3-11H2,1-2H3. The lowest BCUT2D eigenvalue weighted by atomic mass is 9.73. The van der Waals surface area contributed by atoms with Gasteiger partial charge in [-0.15, -0.1) is 0 Å². The van der Waals surface area contributed by atoms with E-state index in [1.165, 1.54) is 4.90 Å². The van der Waals surface area contributed by atoms with Gasteiger partial charge < -0.3 is 5.11 Å². The van der Waals surface area contributed by atoms with Gasteiger partial charge in [0.25, 0.3) is 0 Å². The van der Waals surface area contributed by atoms with Crippen LogP contribution in [0, 0.1) is 5.41 Å². The first-order valence-electron chi connectivity index (χ1n) is 7.47. The third-order valence-corrected chi connectivity index (χ3v) is 4.59. The van der Waals surface area contributed by atoms with Crippen molar-refractivity contribution in [1.82, 2.24) is 4.90 Å². The molecule has 108 valence electrons. The molecule has 4 heteroatoms. The van der Waals surface area contributed by atoms with Gasteiger partial charge in [-0.3, -0.25) is 14.5 Å². The molecule has 4 nitrogen and oxygen atoms in total. The number of hydrogen-bond donors (Lipinski definition) is 1. The Kier molecular flexibility index (Phi) is 4.00. The molecular weight excluding hydrogens is 242 g/mol. The highest BCUT2D eigenvalue weighted by Crippen LogP contribution is 2.45. The molecule has 1 aliphatic heterocycles. The fourth-order valence-corrected chi connectivity index (χ4v) is 3.60. The zero-order chi connectivity index (χ0) is 14.1. The molecule has 19 heavy (non-hydrogen) atoms. The molecule has 0 radical (unpaired) electrons. The maximum absolute atomic E-state index is 12.6. The van der Waals surface area contributed by atoms with Crippen molar-refractivity contribution in [3.8, 4) is 0 Å². The lowest BCUT2D eigenvalue weighted by Gasteiger charge is -2.32. The molecule has 0 aromatic carbocycles. The molecule has 2 amide bonds. The molecule has 1 heterocycles. The van der Waals surface area contributed by atoms with Crippen molar-refractivity contribution in [2.24, 2.45) is 5.41 Å². The first-order valence-corrected chi connectivity index (χ1v) is 7.47. The minimum absolute atomic E-state index is 0.0337. The third-order valence-electron chi connectivity index (χ3n) is 4.59. The van der Waals surface area contributed by atoms with E-state index in [1.807, 2.05) is 6.92 Å². The largest absolute Gasteiger partial charge is 0.388 e. The quantitative estimate of drug-likeness (QED) is 0.795. The summed E-state index contributed by atoms with van der Waals surface area (Å²) in [5, 5.41) is 10.3. The van der Waals surface area contributed by atoms with E-state index in [1.54, 1.807) is 6.92 Å². The zero-order valence-electron chi connectivity index (χ0n) is 12.1. The summed E-state index contributed by atoms with van der Waals surface area (Å²) in [7, 11) is 0. The van der Waals surface area contributed by atoms with Gasteiger partial charge in [0.1, 0.15) is 0 Å². The van der Waals surface area contributed by atoms with E-state index in [4.69, 9.17) is 0 Å². The normalized spacial score (nSPS) is 25.9. The van der Waals surface area contributed by atoms with E-state index in [9.17, 15) is 14.7 Å². The Bertz CT molecular complexity index is 370. The monoisotopic (exact) mass is 267 g/mol. The number of β-amino-alcohol motifs (C(OH)–C–C–N with tert-alkyl or cyclic N) is 1. The molecule has 0 bridgehead atoms. The van der Waals surface area contributed by atoms with Crippen molar-refractivity contribution in [1.29, 1.82) is 0 Å². The lowest BCUT2D eigenvalue weighted by Crippen LogP contribution is -2.45. The van der Waals surface area contributed by atoms with Gasteiger partial charge >= 0.3 is 0 Å². The Morgan fingerprint density at radius 2 is 1.89 bits per heavy atom. The van der Waals surface area contributed by atoms with Crippen molar-refractivity contribution in [2.75, 3.05) is 6.54 Å². The summed E-state index contributed by atoms with van der Waals surface area (Å²) in [6.07, 6.45) is 6.72. The minimum Gasteiger partial charge on any atom is -0.388 e. The van der Waals surface area contributed by atoms with Gasteiger partial charge in [0, 0.05) is 6.42 Å². The number of rotatable bonds is 4. The van der Waals surface area contributed by atoms with Crippen LogP contribution in [0.3, 0.4) is 0 Å². The van der Waals surface area contributed by atoms with Gasteiger partial charge in [0.15, 0.2) is 0 Å². The summed E-state index contributed by atoms with van der Waals surface area (Å²) in [5.41, 5.74) is -1.39. The summed E-state index contributed by atoms with van der Waals surface area (Å²) in [4.78, 5) is 26.0. The fraction of sp³-hybridized carbons (Fsp3) is 0.867. The molecule has 1 saturated heterocycles. The van der Waals surface area contributed by atoms with Crippen molar-refractivity contribution in [2.45, 2.75) is 70.8 Å². The number of hydrogen-bond acceptors (Lipinski definition) is 3. The van der Waals surface area contributed by atoms with Gasteiger partial charge in [0.05, 0.1) is 17.6 Å². The summed E-state index contributed by atoms with van der Waals surface area (Å²) in [5.74, 6) is -0.128. The number of carbonyl (C=O) groups is 2. The average molecular weight is 267 g/mol. The molecule has 1 spiro atoms. The molecule has 0 aromatic heterocycles. The number of imide groups is 1. The predicted octanol–water partition coefficient (Wildman–Crippen LogP) is 2.25. The Morgan fingerprint density at radius 3 is 2.47 bits per heavy atom. The van der Waals surface area contributed by atoms with Crippen LogP contribution in [-0.2, 0) is 9.59 Å². The smallest absolute Gasteiger partial charge is 0.236 e. The molecule has 2 fully saturated rings. The summed E-state index contributed by atoms with van der Waals surface area (Å²) in [6.45, 7) is 3.86. The number of nitrogens with zero attached hydrogens (tertiary/aromatic N) is 1. The van der Waals surface area contributed by atoms with Gasteiger partial charge in [-0.05, 0) is 26.2 Å². The second kappa shape index (κ2) is 5.23. The molecule has 1 atom stereocenters. The van der Waals surface area contributed by atoms with Crippen LogP contribution >= 0.6 is 0 Å². The zero-order valence-corrected chi connectivity index (χ0v) is 12.1. The van der Waals surface area contributed by atoms with Gasteiger partial charge in [-0.25, -0.2) is 0 Å². The Balaban J connectivity index is 2.10. The van der Waals surface area contributed by atoms with Crippen LogP contribution < -0.4 is 0 Å². The first kappa shape index (κ1) is 14.5. The predicted molar refractivity (Wildman–Crippen MR) is 72.4 cm³/mol. The van der Waals surface area contributed by atoms with Crippen molar-refractivity contribution in [3.63, 3.8) is 0 Å². The van der Waals surface area contributed by atoms with Crippen molar-refractivity contribution in [3.05, 3.63) is 0 Å². The Morgan fingerprint density at radius 1 is 1.26 bits per heavy atom. The van der Waals surface area contributed by atoms with Crippen molar-refractivity contribution >= 4 is 11.8 Å². The maximum Gasteiger partial charge on any atom is 0.236 e.